The molecular formula is C19H19ClN2O3. The van der Waals surface area contributed by atoms with Crippen molar-refractivity contribution in [3.63, 3.8) is 0 Å². The normalized spacial score (nSPS) is 11.0. The highest BCUT2D eigenvalue weighted by Crippen LogP contribution is 2.12. The quantitative estimate of drug-likeness (QED) is 0.590. The van der Waals surface area contributed by atoms with E-state index in [0.29, 0.717) is 23.7 Å². The van der Waals surface area contributed by atoms with E-state index in [-0.39, 0.29) is 11.6 Å². The average molecular weight is 359 g/mol. The van der Waals surface area contributed by atoms with Crippen LogP contribution in [0.15, 0.2) is 60.3 Å². The summed E-state index contributed by atoms with van der Waals surface area (Å²) >= 11 is 5.88. The summed E-state index contributed by atoms with van der Waals surface area (Å²) in [4.78, 5) is 24.7. The third-order valence-electron chi connectivity index (χ3n) is 3.30. The SMILES string of the molecule is COCCNC(=O)/C(=C/c1ccc(Cl)cc1)NC(=O)c1ccccc1. The zero-order valence-electron chi connectivity index (χ0n) is 13.8. The molecule has 0 heterocycles. The molecule has 0 spiro atoms. The fourth-order valence-corrected chi connectivity index (χ4v) is 2.16. The van der Waals surface area contributed by atoms with Gasteiger partial charge in [0.2, 0.25) is 0 Å². The summed E-state index contributed by atoms with van der Waals surface area (Å²) in [6.45, 7) is 0.723. The van der Waals surface area contributed by atoms with Crippen molar-refractivity contribution < 1.29 is 14.3 Å². The lowest BCUT2D eigenvalue weighted by Gasteiger charge is -2.11. The smallest absolute Gasteiger partial charge is 0.267 e. The molecule has 0 atom stereocenters. The Morgan fingerprint density at radius 3 is 2.40 bits per heavy atom. The van der Waals surface area contributed by atoms with E-state index in [4.69, 9.17) is 16.3 Å². The summed E-state index contributed by atoms with van der Waals surface area (Å²) in [6.07, 6.45) is 1.60. The number of hydrogen-bond donors (Lipinski definition) is 2. The number of methoxy groups -OCH3 is 1. The first kappa shape index (κ1) is 18.7. The lowest BCUT2D eigenvalue weighted by atomic mass is 10.1. The molecule has 130 valence electrons. The number of nitrogens with one attached hydrogen (secondary N) is 2. The van der Waals surface area contributed by atoms with Gasteiger partial charge in [-0.15, -0.1) is 0 Å². The molecule has 2 amide bonds. The van der Waals surface area contributed by atoms with Crippen molar-refractivity contribution >= 4 is 29.5 Å². The topological polar surface area (TPSA) is 67.4 Å². The van der Waals surface area contributed by atoms with Crippen LogP contribution in [0, 0.1) is 0 Å². The molecular weight excluding hydrogens is 340 g/mol. The highest BCUT2D eigenvalue weighted by atomic mass is 35.5. The van der Waals surface area contributed by atoms with E-state index in [1.54, 1.807) is 61.7 Å². The second-order valence-corrected chi connectivity index (χ2v) is 5.61. The van der Waals surface area contributed by atoms with Gasteiger partial charge in [-0.25, -0.2) is 0 Å². The molecule has 0 saturated carbocycles. The van der Waals surface area contributed by atoms with Crippen LogP contribution in [-0.2, 0) is 9.53 Å². The maximum atomic E-state index is 12.4. The first-order valence-electron chi connectivity index (χ1n) is 7.71. The summed E-state index contributed by atoms with van der Waals surface area (Å²) in [5, 5.41) is 5.95. The van der Waals surface area contributed by atoms with Crippen molar-refractivity contribution in [3.8, 4) is 0 Å². The van der Waals surface area contributed by atoms with Gasteiger partial charge in [0.25, 0.3) is 11.8 Å². The van der Waals surface area contributed by atoms with Crippen LogP contribution in [0.3, 0.4) is 0 Å². The summed E-state index contributed by atoms with van der Waals surface area (Å²) in [6, 6.07) is 15.7. The van der Waals surface area contributed by atoms with Gasteiger partial charge in [0.15, 0.2) is 0 Å². The van der Waals surface area contributed by atoms with Crippen LogP contribution in [0.5, 0.6) is 0 Å². The summed E-state index contributed by atoms with van der Waals surface area (Å²) < 4.78 is 4.92. The number of rotatable bonds is 7. The van der Waals surface area contributed by atoms with Gasteiger partial charge in [0.1, 0.15) is 5.70 Å². The van der Waals surface area contributed by atoms with Gasteiger partial charge >= 0.3 is 0 Å². The van der Waals surface area contributed by atoms with E-state index in [0.717, 1.165) is 5.56 Å². The lowest BCUT2D eigenvalue weighted by Crippen LogP contribution is -2.36. The second kappa shape index (κ2) is 9.61. The molecule has 0 aromatic heterocycles. The number of amides is 2. The molecule has 2 aromatic rings. The highest BCUT2D eigenvalue weighted by molar-refractivity contribution is 6.30. The minimum absolute atomic E-state index is 0.146. The maximum Gasteiger partial charge on any atom is 0.267 e. The van der Waals surface area contributed by atoms with E-state index in [2.05, 4.69) is 10.6 Å². The van der Waals surface area contributed by atoms with Crippen molar-refractivity contribution in [2.45, 2.75) is 0 Å². The van der Waals surface area contributed by atoms with Crippen LogP contribution < -0.4 is 10.6 Å². The van der Waals surface area contributed by atoms with Crippen LogP contribution in [0.25, 0.3) is 6.08 Å². The lowest BCUT2D eigenvalue weighted by molar-refractivity contribution is -0.117. The molecule has 0 unspecified atom stereocenters. The third kappa shape index (κ3) is 6.06. The molecule has 0 bridgehead atoms. The number of hydrogen-bond acceptors (Lipinski definition) is 3. The Balaban J connectivity index is 2.20. The van der Waals surface area contributed by atoms with Crippen LogP contribution in [0.4, 0.5) is 0 Å². The van der Waals surface area contributed by atoms with Gasteiger partial charge in [-0.05, 0) is 35.9 Å². The van der Waals surface area contributed by atoms with E-state index < -0.39 is 5.91 Å². The first-order valence-corrected chi connectivity index (χ1v) is 8.09. The monoisotopic (exact) mass is 358 g/mol. The van der Waals surface area contributed by atoms with Crippen LogP contribution in [-0.4, -0.2) is 32.1 Å². The number of carbonyl (C=O) groups is 2. The van der Waals surface area contributed by atoms with E-state index in [9.17, 15) is 9.59 Å². The van der Waals surface area contributed by atoms with E-state index in [1.807, 2.05) is 6.07 Å². The maximum absolute atomic E-state index is 12.4. The van der Waals surface area contributed by atoms with Crippen molar-refractivity contribution in [2.24, 2.45) is 0 Å². The Labute approximate surface area is 151 Å². The molecule has 6 heteroatoms. The number of halogens is 1. The first-order chi connectivity index (χ1) is 12.1. The molecule has 0 fully saturated rings. The van der Waals surface area contributed by atoms with Crippen LogP contribution >= 0.6 is 11.6 Å². The van der Waals surface area contributed by atoms with Gasteiger partial charge in [0.05, 0.1) is 6.61 Å². The van der Waals surface area contributed by atoms with E-state index >= 15 is 0 Å². The second-order valence-electron chi connectivity index (χ2n) is 5.18. The fraction of sp³-hybridized carbons (Fsp3) is 0.158. The van der Waals surface area contributed by atoms with E-state index in [1.165, 1.54) is 0 Å². The number of benzene rings is 2. The molecule has 2 N–H and O–H groups in total. The Bertz CT molecular complexity index is 743. The number of ether oxygens (including phenoxy) is 1. The molecule has 0 saturated heterocycles. The van der Waals surface area contributed by atoms with Gasteiger partial charge in [-0.1, -0.05) is 41.9 Å². The van der Waals surface area contributed by atoms with Gasteiger partial charge in [-0.3, -0.25) is 9.59 Å². The van der Waals surface area contributed by atoms with Crippen LogP contribution in [0.1, 0.15) is 15.9 Å². The van der Waals surface area contributed by atoms with Gasteiger partial charge < -0.3 is 15.4 Å². The third-order valence-corrected chi connectivity index (χ3v) is 3.55. The Kier molecular flexibility index (Phi) is 7.19. The molecule has 0 aliphatic carbocycles. The minimum Gasteiger partial charge on any atom is -0.383 e. The van der Waals surface area contributed by atoms with Crippen LogP contribution in [0.2, 0.25) is 5.02 Å². The molecule has 2 rings (SSSR count). The highest BCUT2D eigenvalue weighted by Gasteiger charge is 2.14. The van der Waals surface area contributed by atoms with Crippen molar-refractivity contribution in [1.29, 1.82) is 0 Å². The van der Waals surface area contributed by atoms with Gasteiger partial charge in [-0.2, -0.15) is 0 Å². The largest absolute Gasteiger partial charge is 0.383 e. The summed E-state index contributed by atoms with van der Waals surface area (Å²) in [5.41, 5.74) is 1.36. The predicted octanol–water partition coefficient (Wildman–Crippen LogP) is 2.87. The van der Waals surface area contributed by atoms with Crippen molar-refractivity contribution in [2.75, 3.05) is 20.3 Å². The van der Waals surface area contributed by atoms with Crippen molar-refractivity contribution in [1.82, 2.24) is 10.6 Å². The predicted molar refractivity (Wildman–Crippen MR) is 98.2 cm³/mol. The molecule has 0 aliphatic rings. The Morgan fingerprint density at radius 2 is 1.76 bits per heavy atom. The Morgan fingerprint density at radius 1 is 1.08 bits per heavy atom. The standard InChI is InChI=1S/C19H19ClN2O3/c1-25-12-11-21-19(24)17(13-14-7-9-16(20)10-8-14)22-18(23)15-5-3-2-4-6-15/h2-10,13H,11-12H2,1H3,(H,21,24)(H,22,23)/b17-13-. The molecule has 2 aromatic carbocycles. The zero-order chi connectivity index (χ0) is 18.1. The molecule has 0 radical (unpaired) electrons. The Hall–Kier alpha value is -2.63. The molecule has 5 nitrogen and oxygen atoms in total. The van der Waals surface area contributed by atoms with Crippen molar-refractivity contribution in [3.05, 3.63) is 76.4 Å². The average Bonchev–Trinajstić information content (AvgIpc) is 2.63. The zero-order valence-corrected chi connectivity index (χ0v) is 14.5. The number of carbonyl (C=O) groups excluding carboxylic acids is 2. The minimum atomic E-state index is -0.392. The molecule has 25 heavy (non-hydrogen) atoms. The fourth-order valence-electron chi connectivity index (χ4n) is 2.03. The summed E-state index contributed by atoms with van der Waals surface area (Å²) in [7, 11) is 1.55. The molecule has 0 aliphatic heterocycles. The van der Waals surface area contributed by atoms with Gasteiger partial charge in [0, 0.05) is 24.2 Å². The summed E-state index contributed by atoms with van der Waals surface area (Å²) in [5.74, 6) is -0.751.